The van der Waals surface area contributed by atoms with E-state index in [2.05, 4.69) is 0 Å². The van der Waals surface area contributed by atoms with Gasteiger partial charge in [0, 0.05) is 19.3 Å². The van der Waals surface area contributed by atoms with Crippen LogP contribution in [0.5, 0.6) is 0 Å². The van der Waals surface area contributed by atoms with Gasteiger partial charge in [-0.15, -0.1) is 0 Å². The molecular formula is C14H14ClFN2. The fraction of sp³-hybridized carbons (Fsp3) is 0.143. The lowest BCUT2D eigenvalue weighted by atomic mass is 10.2. The first-order valence-electron chi connectivity index (χ1n) is 5.59. The molecule has 0 unspecified atom stereocenters. The Morgan fingerprint density at radius 3 is 2.39 bits per heavy atom. The third-order valence-corrected chi connectivity index (χ3v) is 3.13. The molecule has 0 aliphatic carbocycles. The van der Waals surface area contributed by atoms with E-state index >= 15 is 0 Å². The van der Waals surface area contributed by atoms with Crippen molar-refractivity contribution in [2.75, 3.05) is 11.9 Å². The summed E-state index contributed by atoms with van der Waals surface area (Å²) in [5.41, 5.74) is 8.28. The van der Waals surface area contributed by atoms with E-state index in [0.29, 0.717) is 11.6 Å². The zero-order valence-electron chi connectivity index (χ0n) is 10.0. The molecule has 4 heteroatoms. The lowest BCUT2D eigenvalue weighted by molar-refractivity contribution is 0.628. The van der Waals surface area contributed by atoms with Crippen molar-refractivity contribution < 1.29 is 4.39 Å². The van der Waals surface area contributed by atoms with Crippen LogP contribution in [0.4, 0.5) is 15.8 Å². The van der Waals surface area contributed by atoms with Crippen LogP contribution in [-0.2, 0) is 6.54 Å². The lowest BCUT2D eigenvalue weighted by Crippen LogP contribution is -2.10. The molecule has 18 heavy (non-hydrogen) atoms. The van der Waals surface area contributed by atoms with Crippen LogP contribution in [0.3, 0.4) is 0 Å². The van der Waals surface area contributed by atoms with Gasteiger partial charge in [-0.2, -0.15) is 0 Å². The van der Waals surface area contributed by atoms with Crippen LogP contribution in [-0.4, -0.2) is 7.05 Å². The highest BCUT2D eigenvalue weighted by molar-refractivity contribution is 6.33. The van der Waals surface area contributed by atoms with Crippen molar-refractivity contribution in [3.8, 4) is 0 Å². The summed E-state index contributed by atoms with van der Waals surface area (Å²) in [5, 5.41) is 0.629. The third kappa shape index (κ3) is 2.63. The number of hydrogen-bond donors (Lipinski definition) is 1. The second kappa shape index (κ2) is 5.38. The first-order chi connectivity index (χ1) is 8.61. The minimum absolute atomic E-state index is 0.253. The Morgan fingerprint density at radius 2 is 1.83 bits per heavy atom. The average molecular weight is 265 g/mol. The predicted octanol–water partition coefficient (Wildman–Crippen LogP) is 3.71. The van der Waals surface area contributed by atoms with E-state index in [1.54, 1.807) is 12.1 Å². The molecule has 0 bridgehead atoms. The predicted molar refractivity (Wildman–Crippen MR) is 73.8 cm³/mol. The third-order valence-electron chi connectivity index (χ3n) is 2.82. The van der Waals surface area contributed by atoms with Gasteiger partial charge >= 0.3 is 0 Å². The molecule has 0 saturated carbocycles. The maximum absolute atomic E-state index is 12.9. The highest BCUT2D eigenvalue weighted by Gasteiger charge is 2.08. The highest BCUT2D eigenvalue weighted by Crippen LogP contribution is 2.31. The topological polar surface area (TPSA) is 29.3 Å². The molecule has 0 spiro atoms. The molecule has 0 radical (unpaired) electrons. The first-order valence-corrected chi connectivity index (χ1v) is 5.97. The number of anilines is 2. The van der Waals surface area contributed by atoms with Crippen molar-refractivity contribution >= 4 is 23.0 Å². The van der Waals surface area contributed by atoms with E-state index in [9.17, 15) is 4.39 Å². The van der Waals surface area contributed by atoms with Gasteiger partial charge in [-0.25, -0.2) is 4.39 Å². The molecule has 0 atom stereocenters. The van der Waals surface area contributed by atoms with Gasteiger partial charge in [-0.3, -0.25) is 0 Å². The van der Waals surface area contributed by atoms with Crippen LogP contribution in [0, 0.1) is 5.82 Å². The number of nitrogens with two attached hydrogens (primary N) is 1. The zero-order chi connectivity index (χ0) is 13.1. The molecule has 0 aliphatic rings. The van der Waals surface area contributed by atoms with E-state index in [4.69, 9.17) is 17.3 Å². The number of benzene rings is 2. The minimum Gasteiger partial charge on any atom is -0.343 e. The summed E-state index contributed by atoms with van der Waals surface area (Å²) in [6.07, 6.45) is 0. The Bertz CT molecular complexity index is 540. The van der Waals surface area contributed by atoms with E-state index in [-0.39, 0.29) is 5.82 Å². The molecule has 94 valence electrons. The first kappa shape index (κ1) is 12.9. The SMILES string of the molecule is CN(c1ccc(F)cc1)c1ccc(CN)cc1Cl. The fourth-order valence-electron chi connectivity index (χ4n) is 1.75. The molecule has 2 N–H and O–H groups in total. The molecule has 2 aromatic rings. The molecule has 2 nitrogen and oxygen atoms in total. The standard InChI is InChI=1S/C14H14ClFN2/c1-18(12-5-3-11(16)4-6-12)14-7-2-10(9-17)8-13(14)15/h2-8H,9,17H2,1H3. The van der Waals surface area contributed by atoms with Crippen molar-refractivity contribution in [1.29, 1.82) is 0 Å². The molecule has 0 aliphatic heterocycles. The number of nitrogens with zero attached hydrogens (tertiary/aromatic N) is 1. The Kier molecular flexibility index (Phi) is 3.84. The largest absolute Gasteiger partial charge is 0.343 e. The smallest absolute Gasteiger partial charge is 0.123 e. The molecular weight excluding hydrogens is 251 g/mol. The Hall–Kier alpha value is -1.58. The summed E-state index contributed by atoms with van der Waals surface area (Å²) in [4.78, 5) is 1.90. The monoisotopic (exact) mass is 264 g/mol. The zero-order valence-corrected chi connectivity index (χ0v) is 10.8. The van der Waals surface area contributed by atoms with E-state index < -0.39 is 0 Å². The van der Waals surface area contributed by atoms with Gasteiger partial charge in [-0.1, -0.05) is 17.7 Å². The van der Waals surface area contributed by atoms with Crippen LogP contribution in [0.2, 0.25) is 5.02 Å². The maximum atomic E-state index is 12.9. The van der Waals surface area contributed by atoms with Gasteiger partial charge in [0.2, 0.25) is 0 Å². The Balaban J connectivity index is 2.33. The number of hydrogen-bond acceptors (Lipinski definition) is 2. The Morgan fingerprint density at radius 1 is 1.17 bits per heavy atom. The van der Waals surface area contributed by atoms with Crippen molar-refractivity contribution in [3.63, 3.8) is 0 Å². The second-order valence-corrected chi connectivity index (χ2v) is 4.43. The summed E-state index contributed by atoms with van der Waals surface area (Å²) in [6, 6.07) is 12.0. The van der Waals surface area contributed by atoms with Crippen LogP contribution in [0.1, 0.15) is 5.56 Å². The molecule has 0 heterocycles. The van der Waals surface area contributed by atoms with Crippen molar-refractivity contribution in [3.05, 3.63) is 58.9 Å². The molecule has 0 amide bonds. The van der Waals surface area contributed by atoms with Crippen molar-refractivity contribution in [2.45, 2.75) is 6.54 Å². The number of halogens is 2. The van der Waals surface area contributed by atoms with Gasteiger partial charge in [0.25, 0.3) is 0 Å². The van der Waals surface area contributed by atoms with Gasteiger partial charge < -0.3 is 10.6 Å². The van der Waals surface area contributed by atoms with Gasteiger partial charge in [0.05, 0.1) is 10.7 Å². The van der Waals surface area contributed by atoms with E-state index in [1.807, 2.05) is 30.1 Å². The van der Waals surface area contributed by atoms with Gasteiger partial charge in [-0.05, 0) is 42.0 Å². The summed E-state index contributed by atoms with van der Waals surface area (Å²) in [5.74, 6) is -0.253. The molecule has 2 aromatic carbocycles. The van der Waals surface area contributed by atoms with Gasteiger partial charge in [0.1, 0.15) is 5.82 Å². The quantitative estimate of drug-likeness (QED) is 0.916. The molecule has 0 saturated heterocycles. The second-order valence-electron chi connectivity index (χ2n) is 4.03. The van der Waals surface area contributed by atoms with Crippen molar-refractivity contribution in [1.82, 2.24) is 0 Å². The van der Waals surface area contributed by atoms with Crippen molar-refractivity contribution in [2.24, 2.45) is 5.73 Å². The Labute approximate surface area is 111 Å². The summed E-state index contributed by atoms with van der Waals surface area (Å²) < 4.78 is 12.9. The summed E-state index contributed by atoms with van der Waals surface area (Å²) in [7, 11) is 1.89. The molecule has 0 aromatic heterocycles. The summed E-state index contributed by atoms with van der Waals surface area (Å²) >= 11 is 6.21. The van der Waals surface area contributed by atoms with Crippen LogP contribution in [0.25, 0.3) is 0 Å². The highest BCUT2D eigenvalue weighted by atomic mass is 35.5. The van der Waals surface area contributed by atoms with Crippen LogP contribution in [0.15, 0.2) is 42.5 Å². The van der Waals surface area contributed by atoms with Gasteiger partial charge in [0.15, 0.2) is 0 Å². The minimum atomic E-state index is -0.253. The fourth-order valence-corrected chi connectivity index (χ4v) is 2.08. The van der Waals surface area contributed by atoms with Crippen LogP contribution < -0.4 is 10.6 Å². The number of rotatable bonds is 3. The average Bonchev–Trinajstić information content (AvgIpc) is 2.38. The maximum Gasteiger partial charge on any atom is 0.123 e. The normalized spacial score (nSPS) is 10.4. The van der Waals surface area contributed by atoms with E-state index in [0.717, 1.165) is 16.9 Å². The van der Waals surface area contributed by atoms with Crippen LogP contribution >= 0.6 is 11.6 Å². The summed E-state index contributed by atoms with van der Waals surface area (Å²) in [6.45, 7) is 0.459. The molecule has 2 rings (SSSR count). The van der Waals surface area contributed by atoms with E-state index in [1.165, 1.54) is 12.1 Å². The molecule has 0 fully saturated rings. The lowest BCUT2D eigenvalue weighted by Gasteiger charge is -2.21.